The van der Waals surface area contributed by atoms with Gasteiger partial charge in [-0.25, -0.2) is 0 Å². The molecule has 0 radical (unpaired) electrons. The summed E-state index contributed by atoms with van der Waals surface area (Å²) < 4.78 is 0. The maximum atomic E-state index is 2.43. The molecule has 1 atom stereocenters. The van der Waals surface area contributed by atoms with E-state index in [0.717, 1.165) is 12.8 Å². The molecule has 0 amide bonds. The Morgan fingerprint density at radius 2 is 1.79 bits per heavy atom. The van der Waals surface area contributed by atoms with Gasteiger partial charge in [0.1, 0.15) is 0 Å². The van der Waals surface area contributed by atoms with E-state index in [1.54, 1.807) is 0 Å². The molecule has 0 spiro atoms. The third-order valence-corrected chi connectivity index (χ3v) is 3.86. The van der Waals surface area contributed by atoms with Crippen molar-refractivity contribution in [3.05, 3.63) is 47.0 Å². The van der Waals surface area contributed by atoms with Gasteiger partial charge in [-0.2, -0.15) is 0 Å². The zero-order valence-corrected chi connectivity index (χ0v) is 13.6. The molecule has 1 aromatic rings. The van der Waals surface area contributed by atoms with Crippen LogP contribution in [0.2, 0.25) is 0 Å². The zero-order chi connectivity index (χ0) is 14.5. The first-order chi connectivity index (χ1) is 8.90. The van der Waals surface area contributed by atoms with E-state index >= 15 is 0 Å². The van der Waals surface area contributed by atoms with Crippen LogP contribution >= 0.6 is 0 Å². The van der Waals surface area contributed by atoms with E-state index in [1.807, 2.05) is 0 Å². The Balaban J connectivity index is 3.02. The van der Waals surface area contributed by atoms with Crippen LogP contribution in [-0.4, -0.2) is 0 Å². The minimum absolute atomic E-state index is 0.234. The summed E-state index contributed by atoms with van der Waals surface area (Å²) in [6.07, 6.45) is 8.13. The largest absolute Gasteiger partial charge is 0.0888 e. The predicted octanol–water partition coefficient (Wildman–Crippen LogP) is 6.14. The van der Waals surface area contributed by atoms with Crippen molar-refractivity contribution in [1.82, 2.24) is 0 Å². The molecular weight excluding hydrogens is 228 g/mol. The lowest BCUT2D eigenvalue weighted by Crippen LogP contribution is -2.14. The molecule has 0 aliphatic rings. The maximum Gasteiger partial charge on any atom is -0.0129 e. The summed E-state index contributed by atoms with van der Waals surface area (Å²) in [6, 6.07) is 7.05. The Bertz CT molecular complexity index is 418. The molecule has 0 nitrogen and oxygen atoms in total. The van der Waals surface area contributed by atoms with Gasteiger partial charge in [0.2, 0.25) is 0 Å². The van der Waals surface area contributed by atoms with Gasteiger partial charge in [0.25, 0.3) is 0 Å². The standard InChI is InChI=1S/C19H30/c1-7-9-10-11-16(8-2)17-13-12-15(3)18(14-17)19(4,5)6/h9-10,12-14,16H,7-8,11H2,1-6H3/b10-9-. The first kappa shape index (κ1) is 16.0. The second-order valence-corrected chi connectivity index (χ2v) is 6.54. The summed E-state index contributed by atoms with van der Waals surface area (Å²) in [5, 5.41) is 0. The quantitative estimate of drug-likeness (QED) is 0.556. The Labute approximate surface area is 119 Å². The van der Waals surface area contributed by atoms with Gasteiger partial charge in [0.05, 0.1) is 0 Å². The summed E-state index contributed by atoms with van der Waals surface area (Å²) in [4.78, 5) is 0. The van der Waals surface area contributed by atoms with E-state index in [2.05, 4.69) is 71.9 Å². The predicted molar refractivity (Wildman–Crippen MR) is 87.0 cm³/mol. The monoisotopic (exact) mass is 258 g/mol. The first-order valence-corrected chi connectivity index (χ1v) is 7.66. The van der Waals surface area contributed by atoms with Gasteiger partial charge < -0.3 is 0 Å². The van der Waals surface area contributed by atoms with Crippen LogP contribution < -0.4 is 0 Å². The normalized spacial score (nSPS) is 14.0. The zero-order valence-electron chi connectivity index (χ0n) is 13.6. The molecular formula is C19H30. The lowest BCUT2D eigenvalue weighted by molar-refractivity contribution is 0.581. The lowest BCUT2D eigenvalue weighted by Gasteiger charge is -2.24. The number of allylic oxidation sites excluding steroid dienone is 2. The molecule has 0 saturated heterocycles. The van der Waals surface area contributed by atoms with Crippen LogP contribution in [0.4, 0.5) is 0 Å². The molecule has 0 bridgehead atoms. The van der Waals surface area contributed by atoms with Crippen molar-refractivity contribution < 1.29 is 0 Å². The van der Waals surface area contributed by atoms with Crippen LogP contribution in [0.15, 0.2) is 30.4 Å². The number of benzene rings is 1. The van der Waals surface area contributed by atoms with Crippen molar-refractivity contribution in [2.75, 3.05) is 0 Å². The number of hydrogen-bond donors (Lipinski definition) is 0. The first-order valence-electron chi connectivity index (χ1n) is 7.66. The Kier molecular flexibility index (Phi) is 5.85. The third-order valence-electron chi connectivity index (χ3n) is 3.86. The summed E-state index contributed by atoms with van der Waals surface area (Å²) in [7, 11) is 0. The van der Waals surface area contributed by atoms with Crippen molar-refractivity contribution in [2.45, 2.75) is 72.1 Å². The van der Waals surface area contributed by atoms with E-state index in [4.69, 9.17) is 0 Å². The minimum atomic E-state index is 0.234. The fourth-order valence-corrected chi connectivity index (χ4v) is 2.67. The molecule has 0 aliphatic carbocycles. The van der Waals surface area contributed by atoms with Gasteiger partial charge in [-0.05, 0) is 54.2 Å². The Hall–Kier alpha value is -1.04. The molecule has 0 saturated carbocycles. The van der Waals surface area contributed by atoms with Crippen LogP contribution in [0, 0.1) is 6.92 Å². The second-order valence-electron chi connectivity index (χ2n) is 6.54. The van der Waals surface area contributed by atoms with Gasteiger partial charge in [0.15, 0.2) is 0 Å². The van der Waals surface area contributed by atoms with Crippen molar-refractivity contribution in [1.29, 1.82) is 0 Å². The lowest BCUT2D eigenvalue weighted by atomic mass is 9.81. The molecule has 0 aromatic heterocycles. The molecule has 0 N–H and O–H groups in total. The van der Waals surface area contributed by atoms with Crippen molar-refractivity contribution >= 4 is 0 Å². The highest BCUT2D eigenvalue weighted by atomic mass is 14.2. The molecule has 0 heterocycles. The van der Waals surface area contributed by atoms with Gasteiger partial charge in [-0.15, -0.1) is 0 Å². The number of hydrogen-bond acceptors (Lipinski definition) is 0. The Morgan fingerprint density at radius 3 is 2.32 bits per heavy atom. The van der Waals surface area contributed by atoms with Crippen LogP contribution in [0.5, 0.6) is 0 Å². The van der Waals surface area contributed by atoms with Crippen LogP contribution in [0.25, 0.3) is 0 Å². The van der Waals surface area contributed by atoms with E-state index in [-0.39, 0.29) is 5.41 Å². The van der Waals surface area contributed by atoms with Gasteiger partial charge in [-0.1, -0.05) is 65.0 Å². The topological polar surface area (TPSA) is 0 Å². The van der Waals surface area contributed by atoms with Crippen molar-refractivity contribution in [3.63, 3.8) is 0 Å². The number of rotatable bonds is 5. The molecule has 106 valence electrons. The molecule has 1 rings (SSSR count). The van der Waals surface area contributed by atoms with E-state index in [0.29, 0.717) is 5.92 Å². The summed E-state index contributed by atoms with van der Waals surface area (Å²) >= 11 is 0. The van der Waals surface area contributed by atoms with Crippen LogP contribution in [-0.2, 0) is 5.41 Å². The molecule has 0 aliphatic heterocycles. The SMILES string of the molecule is CC/C=C\CC(CC)c1ccc(C)c(C(C)(C)C)c1. The minimum Gasteiger partial charge on any atom is -0.0888 e. The van der Waals surface area contributed by atoms with Gasteiger partial charge >= 0.3 is 0 Å². The smallest absolute Gasteiger partial charge is 0.0129 e. The van der Waals surface area contributed by atoms with E-state index < -0.39 is 0 Å². The summed E-state index contributed by atoms with van der Waals surface area (Å²) in [6.45, 7) is 13.6. The maximum absolute atomic E-state index is 2.43. The van der Waals surface area contributed by atoms with Crippen molar-refractivity contribution in [2.24, 2.45) is 0 Å². The van der Waals surface area contributed by atoms with E-state index in [1.165, 1.54) is 23.1 Å². The third kappa shape index (κ3) is 4.53. The molecule has 1 unspecified atom stereocenters. The highest BCUT2D eigenvalue weighted by Crippen LogP contribution is 2.31. The average Bonchev–Trinajstić information content (AvgIpc) is 2.34. The highest BCUT2D eigenvalue weighted by molar-refractivity contribution is 5.37. The molecule has 19 heavy (non-hydrogen) atoms. The molecule has 1 aromatic carbocycles. The average molecular weight is 258 g/mol. The van der Waals surface area contributed by atoms with Gasteiger partial charge in [0, 0.05) is 0 Å². The molecule has 0 heteroatoms. The van der Waals surface area contributed by atoms with Crippen LogP contribution in [0.3, 0.4) is 0 Å². The highest BCUT2D eigenvalue weighted by Gasteiger charge is 2.18. The fraction of sp³-hybridized carbons (Fsp3) is 0.579. The Morgan fingerprint density at radius 1 is 1.11 bits per heavy atom. The fourth-order valence-electron chi connectivity index (χ4n) is 2.67. The van der Waals surface area contributed by atoms with Crippen molar-refractivity contribution in [3.8, 4) is 0 Å². The second kappa shape index (κ2) is 6.93. The number of aryl methyl sites for hydroxylation is 1. The van der Waals surface area contributed by atoms with Crippen LogP contribution in [0.1, 0.15) is 76.5 Å². The van der Waals surface area contributed by atoms with E-state index in [9.17, 15) is 0 Å². The van der Waals surface area contributed by atoms with Gasteiger partial charge in [-0.3, -0.25) is 0 Å². The summed E-state index contributed by atoms with van der Waals surface area (Å²) in [5.41, 5.74) is 4.63. The summed E-state index contributed by atoms with van der Waals surface area (Å²) in [5.74, 6) is 0.657. The molecule has 0 fully saturated rings.